The van der Waals surface area contributed by atoms with Gasteiger partial charge in [0.25, 0.3) is 0 Å². The van der Waals surface area contributed by atoms with E-state index < -0.39 is 16.1 Å². The monoisotopic (exact) mass is 288 g/mol. The Bertz CT molecular complexity index is 519. The molecule has 1 aromatic heterocycles. The number of aromatic nitrogens is 1. The maximum absolute atomic E-state index is 12.3. The molecule has 0 aliphatic carbocycles. The first kappa shape index (κ1) is 14.2. The van der Waals surface area contributed by atoms with E-state index in [4.69, 9.17) is 15.7 Å². The number of nitrogen functional groups attached to an aromatic ring is 1. The molecule has 0 aromatic carbocycles. The fourth-order valence-electron chi connectivity index (χ4n) is 1.79. The van der Waals surface area contributed by atoms with Crippen molar-refractivity contribution < 1.29 is 18.3 Å². The van der Waals surface area contributed by atoms with E-state index in [0.717, 1.165) is 0 Å². The van der Waals surface area contributed by atoms with Crippen LogP contribution in [0.3, 0.4) is 0 Å². The largest absolute Gasteiger partial charge is 0.394 e. The van der Waals surface area contributed by atoms with Crippen LogP contribution in [0.4, 0.5) is 5.82 Å². The Kier molecular flexibility index (Phi) is 4.32. The van der Waals surface area contributed by atoms with Crippen molar-refractivity contribution in [3.63, 3.8) is 0 Å². The van der Waals surface area contributed by atoms with E-state index in [9.17, 15) is 8.42 Å². The second-order valence-corrected chi connectivity index (χ2v) is 6.00. The molecule has 0 spiro atoms. The van der Waals surface area contributed by atoms with Crippen LogP contribution in [0.25, 0.3) is 0 Å². The van der Waals surface area contributed by atoms with Gasteiger partial charge in [0.1, 0.15) is 10.7 Å². The molecule has 8 nitrogen and oxygen atoms in total. The molecule has 9 heteroatoms. The molecule has 106 valence electrons. The van der Waals surface area contributed by atoms with E-state index in [1.807, 2.05) is 0 Å². The molecule has 1 aromatic rings. The maximum atomic E-state index is 12.3. The van der Waals surface area contributed by atoms with Crippen LogP contribution in [0, 0.1) is 0 Å². The first-order chi connectivity index (χ1) is 9.07. The molecule has 19 heavy (non-hydrogen) atoms. The van der Waals surface area contributed by atoms with Crippen LogP contribution in [-0.4, -0.2) is 55.2 Å². The highest BCUT2D eigenvalue weighted by atomic mass is 32.2. The van der Waals surface area contributed by atoms with E-state index in [-0.39, 0.29) is 31.2 Å². The Morgan fingerprint density at radius 3 is 2.95 bits per heavy atom. The number of hydrazine groups is 1. The van der Waals surface area contributed by atoms with E-state index >= 15 is 0 Å². The zero-order chi connectivity index (χ0) is 13.9. The number of rotatable bonds is 4. The van der Waals surface area contributed by atoms with Crippen LogP contribution in [0.1, 0.15) is 0 Å². The van der Waals surface area contributed by atoms with Crippen molar-refractivity contribution in [2.75, 3.05) is 31.7 Å². The quantitative estimate of drug-likeness (QED) is 0.468. The first-order valence-corrected chi connectivity index (χ1v) is 7.17. The number of morpholine rings is 1. The SMILES string of the molecule is NNc1ccc(S(=O)(=O)N2CCOC(CO)C2)cn1. The number of hydrogen-bond acceptors (Lipinski definition) is 7. The summed E-state index contributed by atoms with van der Waals surface area (Å²) >= 11 is 0. The highest BCUT2D eigenvalue weighted by Gasteiger charge is 2.30. The van der Waals surface area contributed by atoms with Crippen molar-refractivity contribution in [1.82, 2.24) is 9.29 Å². The van der Waals surface area contributed by atoms with Gasteiger partial charge >= 0.3 is 0 Å². The molecular formula is C10H16N4O4S. The van der Waals surface area contributed by atoms with Gasteiger partial charge in [-0.2, -0.15) is 4.31 Å². The molecule has 0 amide bonds. The molecule has 2 heterocycles. The molecule has 1 saturated heterocycles. The normalized spacial score (nSPS) is 21.3. The number of hydrogen-bond donors (Lipinski definition) is 3. The minimum absolute atomic E-state index is 0.0880. The van der Waals surface area contributed by atoms with Gasteiger partial charge in [0.05, 0.1) is 19.3 Å². The fraction of sp³-hybridized carbons (Fsp3) is 0.500. The summed E-state index contributed by atoms with van der Waals surface area (Å²) in [5, 5.41) is 9.03. The zero-order valence-corrected chi connectivity index (χ0v) is 11.0. The lowest BCUT2D eigenvalue weighted by atomic mass is 10.3. The van der Waals surface area contributed by atoms with E-state index in [1.54, 1.807) is 0 Å². The molecule has 0 saturated carbocycles. The lowest BCUT2D eigenvalue weighted by Crippen LogP contribution is -2.46. The highest BCUT2D eigenvalue weighted by molar-refractivity contribution is 7.89. The van der Waals surface area contributed by atoms with E-state index in [2.05, 4.69) is 10.4 Å². The zero-order valence-electron chi connectivity index (χ0n) is 10.2. The van der Waals surface area contributed by atoms with Gasteiger partial charge < -0.3 is 15.3 Å². The number of anilines is 1. The smallest absolute Gasteiger partial charge is 0.244 e. The molecule has 0 bridgehead atoms. The van der Waals surface area contributed by atoms with Crippen molar-refractivity contribution in [2.45, 2.75) is 11.0 Å². The number of ether oxygens (including phenoxy) is 1. The van der Waals surface area contributed by atoms with Crippen LogP contribution in [0.2, 0.25) is 0 Å². The summed E-state index contributed by atoms with van der Waals surface area (Å²) in [7, 11) is -3.62. The minimum Gasteiger partial charge on any atom is -0.394 e. The molecule has 1 aliphatic rings. The second kappa shape index (κ2) is 5.80. The van der Waals surface area contributed by atoms with Crippen molar-refractivity contribution in [2.24, 2.45) is 5.84 Å². The Hall–Kier alpha value is -1.26. The summed E-state index contributed by atoms with van der Waals surface area (Å²) in [6, 6.07) is 2.91. The van der Waals surface area contributed by atoms with Gasteiger partial charge in [-0.3, -0.25) is 0 Å². The van der Waals surface area contributed by atoms with E-state index in [1.165, 1.54) is 22.6 Å². The van der Waals surface area contributed by atoms with Gasteiger partial charge in [-0.1, -0.05) is 0 Å². The number of aliphatic hydroxyl groups excluding tert-OH is 1. The lowest BCUT2D eigenvalue weighted by molar-refractivity contribution is -0.0304. The summed E-state index contributed by atoms with van der Waals surface area (Å²) < 4.78 is 31.2. The molecule has 1 fully saturated rings. The molecule has 2 rings (SSSR count). The van der Waals surface area contributed by atoms with Gasteiger partial charge in [-0.15, -0.1) is 0 Å². The van der Waals surface area contributed by atoms with Crippen LogP contribution in [-0.2, 0) is 14.8 Å². The van der Waals surface area contributed by atoms with E-state index in [0.29, 0.717) is 5.82 Å². The van der Waals surface area contributed by atoms with Crippen molar-refractivity contribution in [1.29, 1.82) is 0 Å². The van der Waals surface area contributed by atoms with Gasteiger partial charge in [-0.05, 0) is 12.1 Å². The third-order valence-corrected chi connectivity index (χ3v) is 4.68. The van der Waals surface area contributed by atoms with Crippen molar-refractivity contribution in [3.8, 4) is 0 Å². The second-order valence-electron chi connectivity index (χ2n) is 4.06. The van der Waals surface area contributed by atoms with Crippen LogP contribution in [0.15, 0.2) is 23.2 Å². The number of nitrogens with two attached hydrogens (primary N) is 1. The topological polar surface area (TPSA) is 118 Å². The lowest BCUT2D eigenvalue weighted by Gasteiger charge is -2.31. The Morgan fingerprint density at radius 2 is 2.37 bits per heavy atom. The molecule has 1 aliphatic heterocycles. The molecule has 1 atom stereocenters. The summed E-state index contributed by atoms with van der Waals surface area (Å²) in [5.74, 6) is 5.55. The predicted molar refractivity (Wildman–Crippen MR) is 67.6 cm³/mol. The molecule has 0 radical (unpaired) electrons. The summed E-state index contributed by atoms with van der Waals surface area (Å²) in [6.45, 7) is 0.450. The predicted octanol–water partition coefficient (Wildman–Crippen LogP) is -1.25. The fourth-order valence-corrected chi connectivity index (χ4v) is 3.19. The van der Waals surface area contributed by atoms with Crippen LogP contribution < -0.4 is 11.3 Å². The highest BCUT2D eigenvalue weighted by Crippen LogP contribution is 2.18. The van der Waals surface area contributed by atoms with Gasteiger partial charge in [-0.25, -0.2) is 19.2 Å². The molecule has 4 N–H and O–H groups in total. The van der Waals surface area contributed by atoms with Crippen molar-refractivity contribution >= 4 is 15.8 Å². The number of pyridine rings is 1. The summed E-state index contributed by atoms with van der Waals surface area (Å²) in [6.07, 6.45) is 0.759. The van der Waals surface area contributed by atoms with Gasteiger partial charge in [0.2, 0.25) is 10.0 Å². The molecule has 1 unspecified atom stereocenters. The summed E-state index contributed by atoms with van der Waals surface area (Å²) in [4.78, 5) is 3.96. The number of nitrogens with one attached hydrogen (secondary N) is 1. The average molecular weight is 288 g/mol. The van der Waals surface area contributed by atoms with Crippen LogP contribution >= 0.6 is 0 Å². The average Bonchev–Trinajstić information content (AvgIpc) is 2.47. The first-order valence-electron chi connectivity index (χ1n) is 5.73. The number of nitrogens with zero attached hydrogens (tertiary/aromatic N) is 2. The minimum atomic E-state index is -3.62. The third-order valence-electron chi connectivity index (χ3n) is 2.83. The third kappa shape index (κ3) is 3.01. The van der Waals surface area contributed by atoms with Crippen molar-refractivity contribution in [3.05, 3.63) is 18.3 Å². The van der Waals surface area contributed by atoms with Crippen LogP contribution in [0.5, 0.6) is 0 Å². The van der Waals surface area contributed by atoms with Gasteiger partial charge in [0, 0.05) is 19.3 Å². The number of aliphatic hydroxyl groups is 1. The standard InChI is InChI=1S/C10H16N4O4S/c11-13-10-2-1-9(5-12-10)19(16,17)14-3-4-18-8(6-14)7-15/h1-2,5,8,15H,3-4,6-7,11H2,(H,12,13). The number of sulfonamides is 1. The Labute approximate surface area is 111 Å². The summed E-state index contributed by atoms with van der Waals surface area (Å²) in [5.41, 5.74) is 2.33. The molecular weight excluding hydrogens is 272 g/mol. The maximum Gasteiger partial charge on any atom is 0.244 e. The Balaban J connectivity index is 2.20. The Morgan fingerprint density at radius 1 is 1.58 bits per heavy atom. The van der Waals surface area contributed by atoms with Gasteiger partial charge in [0.15, 0.2) is 0 Å².